The van der Waals surface area contributed by atoms with E-state index in [1.54, 1.807) is 11.4 Å². The molecule has 88 valence electrons. The van der Waals surface area contributed by atoms with E-state index < -0.39 is 12.1 Å². The molecule has 1 aliphatic rings. The predicted octanol–water partition coefficient (Wildman–Crippen LogP) is 1.91. The number of hydrogen-bond acceptors (Lipinski definition) is 4. The Hall–Kier alpha value is -0.910. The number of ether oxygens (including phenoxy) is 1. The summed E-state index contributed by atoms with van der Waals surface area (Å²) >= 11 is 1.31. The summed E-state index contributed by atoms with van der Waals surface area (Å²) in [5.41, 5.74) is 0.226. The SMILES string of the molecule is O=C(O)c1ccsc1C(O)C1CCOCC1. The van der Waals surface area contributed by atoms with Gasteiger partial charge in [-0.05, 0) is 30.2 Å². The molecule has 1 aliphatic heterocycles. The molecule has 0 aliphatic carbocycles. The Labute approximate surface area is 97.5 Å². The Morgan fingerprint density at radius 2 is 2.19 bits per heavy atom. The van der Waals surface area contributed by atoms with Crippen molar-refractivity contribution in [1.82, 2.24) is 0 Å². The highest BCUT2D eigenvalue weighted by Gasteiger charge is 2.27. The normalized spacial score (nSPS) is 19.6. The summed E-state index contributed by atoms with van der Waals surface area (Å²) in [6.07, 6.45) is 0.908. The summed E-state index contributed by atoms with van der Waals surface area (Å²) in [6, 6.07) is 1.55. The lowest BCUT2D eigenvalue weighted by Crippen LogP contribution is -2.22. The second kappa shape index (κ2) is 4.95. The molecular weight excluding hydrogens is 228 g/mol. The summed E-state index contributed by atoms with van der Waals surface area (Å²) in [6.45, 7) is 1.30. The van der Waals surface area contributed by atoms with Gasteiger partial charge in [-0.3, -0.25) is 0 Å². The van der Waals surface area contributed by atoms with Gasteiger partial charge in [0, 0.05) is 18.1 Å². The lowest BCUT2D eigenvalue weighted by molar-refractivity contribution is 0.00804. The van der Waals surface area contributed by atoms with E-state index in [-0.39, 0.29) is 11.5 Å². The smallest absolute Gasteiger partial charge is 0.336 e. The lowest BCUT2D eigenvalue weighted by Gasteiger charge is -2.26. The second-order valence-electron chi connectivity index (χ2n) is 3.90. The van der Waals surface area contributed by atoms with Crippen LogP contribution in [0.25, 0.3) is 0 Å². The molecule has 2 rings (SSSR count). The third-order valence-electron chi connectivity index (χ3n) is 2.91. The van der Waals surface area contributed by atoms with Gasteiger partial charge in [-0.1, -0.05) is 0 Å². The van der Waals surface area contributed by atoms with Crippen molar-refractivity contribution in [3.63, 3.8) is 0 Å². The van der Waals surface area contributed by atoms with E-state index in [1.165, 1.54) is 11.3 Å². The molecule has 5 heteroatoms. The average molecular weight is 242 g/mol. The van der Waals surface area contributed by atoms with Crippen molar-refractivity contribution in [2.75, 3.05) is 13.2 Å². The number of rotatable bonds is 3. The van der Waals surface area contributed by atoms with E-state index in [2.05, 4.69) is 0 Å². The van der Waals surface area contributed by atoms with Crippen molar-refractivity contribution in [3.05, 3.63) is 21.9 Å². The number of aliphatic hydroxyl groups is 1. The van der Waals surface area contributed by atoms with E-state index in [4.69, 9.17) is 9.84 Å². The quantitative estimate of drug-likeness (QED) is 0.849. The molecule has 1 aromatic rings. The van der Waals surface area contributed by atoms with Gasteiger partial charge in [0.25, 0.3) is 0 Å². The molecule has 4 nitrogen and oxygen atoms in total. The summed E-state index contributed by atoms with van der Waals surface area (Å²) in [7, 11) is 0. The van der Waals surface area contributed by atoms with E-state index in [0.717, 1.165) is 12.8 Å². The third kappa shape index (κ3) is 2.26. The first-order valence-electron chi connectivity index (χ1n) is 5.26. The van der Waals surface area contributed by atoms with Crippen LogP contribution in [0.2, 0.25) is 0 Å². The molecule has 0 saturated carbocycles. The minimum absolute atomic E-state index is 0.116. The van der Waals surface area contributed by atoms with Crippen LogP contribution in [0, 0.1) is 5.92 Å². The van der Waals surface area contributed by atoms with Crippen LogP contribution in [0.3, 0.4) is 0 Å². The largest absolute Gasteiger partial charge is 0.478 e. The molecule has 1 saturated heterocycles. The van der Waals surface area contributed by atoms with Gasteiger partial charge in [-0.25, -0.2) is 4.79 Å². The zero-order chi connectivity index (χ0) is 11.5. The molecule has 1 atom stereocenters. The van der Waals surface area contributed by atoms with Crippen molar-refractivity contribution in [1.29, 1.82) is 0 Å². The highest BCUT2D eigenvalue weighted by atomic mass is 32.1. The topological polar surface area (TPSA) is 66.8 Å². The van der Waals surface area contributed by atoms with Crippen molar-refractivity contribution < 1.29 is 19.7 Å². The maximum absolute atomic E-state index is 10.9. The molecule has 0 bridgehead atoms. The van der Waals surface area contributed by atoms with E-state index in [0.29, 0.717) is 18.1 Å². The van der Waals surface area contributed by atoms with Gasteiger partial charge in [-0.15, -0.1) is 11.3 Å². The highest BCUT2D eigenvalue weighted by Crippen LogP contribution is 2.34. The predicted molar refractivity (Wildman–Crippen MR) is 59.8 cm³/mol. The molecule has 0 radical (unpaired) electrons. The van der Waals surface area contributed by atoms with E-state index in [9.17, 15) is 9.90 Å². The third-order valence-corrected chi connectivity index (χ3v) is 3.89. The Bertz CT molecular complexity index is 368. The average Bonchev–Trinajstić information content (AvgIpc) is 2.78. The molecule has 16 heavy (non-hydrogen) atoms. The van der Waals surface area contributed by atoms with E-state index >= 15 is 0 Å². The number of carboxylic acids is 1. The molecule has 0 aromatic carbocycles. The Balaban J connectivity index is 2.15. The van der Waals surface area contributed by atoms with Gasteiger partial charge < -0.3 is 14.9 Å². The molecule has 1 unspecified atom stereocenters. The fraction of sp³-hybridized carbons (Fsp3) is 0.545. The fourth-order valence-electron chi connectivity index (χ4n) is 1.97. The van der Waals surface area contributed by atoms with Crippen LogP contribution in [0.4, 0.5) is 0 Å². The van der Waals surface area contributed by atoms with Gasteiger partial charge in [0.1, 0.15) is 0 Å². The van der Waals surface area contributed by atoms with Gasteiger partial charge in [0.2, 0.25) is 0 Å². The number of hydrogen-bond donors (Lipinski definition) is 2. The molecule has 0 spiro atoms. The first-order chi connectivity index (χ1) is 7.70. The van der Waals surface area contributed by atoms with Crippen molar-refractivity contribution in [2.24, 2.45) is 5.92 Å². The van der Waals surface area contributed by atoms with Crippen LogP contribution in [0.5, 0.6) is 0 Å². The van der Waals surface area contributed by atoms with Gasteiger partial charge in [0.15, 0.2) is 0 Å². The summed E-state index contributed by atoms with van der Waals surface area (Å²) in [5.74, 6) is -0.854. The first kappa shape index (κ1) is 11.6. The van der Waals surface area contributed by atoms with Crippen LogP contribution in [-0.4, -0.2) is 29.4 Å². The maximum atomic E-state index is 10.9. The van der Waals surface area contributed by atoms with Crippen LogP contribution >= 0.6 is 11.3 Å². The molecule has 2 heterocycles. The number of aromatic carboxylic acids is 1. The van der Waals surface area contributed by atoms with Crippen molar-refractivity contribution in [3.8, 4) is 0 Å². The van der Waals surface area contributed by atoms with Crippen LogP contribution < -0.4 is 0 Å². The molecule has 2 N–H and O–H groups in total. The van der Waals surface area contributed by atoms with Crippen LogP contribution in [0.15, 0.2) is 11.4 Å². The van der Waals surface area contributed by atoms with Crippen molar-refractivity contribution >= 4 is 17.3 Å². The first-order valence-corrected chi connectivity index (χ1v) is 6.14. The number of carbonyl (C=O) groups is 1. The Kier molecular flexibility index (Phi) is 3.58. The van der Waals surface area contributed by atoms with Crippen LogP contribution in [-0.2, 0) is 4.74 Å². The lowest BCUT2D eigenvalue weighted by atomic mass is 9.92. The summed E-state index contributed by atoms with van der Waals surface area (Å²) < 4.78 is 5.22. The molecule has 1 aromatic heterocycles. The minimum atomic E-state index is -0.970. The standard InChI is InChI=1S/C11H14O4S/c12-9(7-1-4-15-5-2-7)10-8(11(13)14)3-6-16-10/h3,6-7,9,12H,1-2,4-5H2,(H,13,14). The van der Waals surface area contributed by atoms with Crippen molar-refractivity contribution in [2.45, 2.75) is 18.9 Å². The minimum Gasteiger partial charge on any atom is -0.478 e. The molecule has 0 amide bonds. The maximum Gasteiger partial charge on any atom is 0.336 e. The molecular formula is C11H14O4S. The monoisotopic (exact) mass is 242 g/mol. The Morgan fingerprint density at radius 3 is 2.81 bits per heavy atom. The zero-order valence-corrected chi connectivity index (χ0v) is 9.57. The van der Waals surface area contributed by atoms with Crippen LogP contribution in [0.1, 0.15) is 34.2 Å². The van der Waals surface area contributed by atoms with Gasteiger partial charge in [0.05, 0.1) is 11.7 Å². The Morgan fingerprint density at radius 1 is 1.50 bits per heavy atom. The number of thiophene rings is 1. The summed E-state index contributed by atoms with van der Waals surface area (Å²) in [5, 5.41) is 20.8. The summed E-state index contributed by atoms with van der Waals surface area (Å²) in [4.78, 5) is 11.5. The number of carboxylic acid groups (broad SMARTS) is 1. The van der Waals surface area contributed by atoms with E-state index in [1.807, 2.05) is 0 Å². The second-order valence-corrected chi connectivity index (χ2v) is 4.85. The zero-order valence-electron chi connectivity index (χ0n) is 8.76. The number of aliphatic hydroxyl groups excluding tert-OH is 1. The fourth-order valence-corrected chi connectivity index (χ4v) is 2.94. The highest BCUT2D eigenvalue weighted by molar-refractivity contribution is 7.10. The van der Waals surface area contributed by atoms with Gasteiger partial charge >= 0.3 is 5.97 Å². The van der Waals surface area contributed by atoms with Gasteiger partial charge in [-0.2, -0.15) is 0 Å². The molecule has 1 fully saturated rings.